The minimum atomic E-state index is -0.338. The van der Waals surface area contributed by atoms with Crippen LogP contribution < -0.4 is 9.64 Å². The van der Waals surface area contributed by atoms with Gasteiger partial charge in [-0.3, -0.25) is 0 Å². The van der Waals surface area contributed by atoms with Crippen LogP contribution in [0.3, 0.4) is 0 Å². The number of benzene rings is 1. The lowest BCUT2D eigenvalue weighted by Crippen LogP contribution is -2.28. The van der Waals surface area contributed by atoms with Gasteiger partial charge in [0.2, 0.25) is 0 Å². The summed E-state index contributed by atoms with van der Waals surface area (Å²) in [6.07, 6.45) is 0. The number of methoxy groups -OCH3 is 1. The van der Waals surface area contributed by atoms with Crippen molar-refractivity contribution in [2.45, 2.75) is 0 Å². The van der Waals surface area contributed by atoms with E-state index in [-0.39, 0.29) is 5.97 Å². The molecule has 80 valence electrons. The van der Waals surface area contributed by atoms with Crippen molar-refractivity contribution in [3.8, 4) is 5.75 Å². The summed E-state index contributed by atoms with van der Waals surface area (Å²) in [5.41, 5.74) is 1.53. The van der Waals surface area contributed by atoms with E-state index >= 15 is 0 Å². The number of likely N-dealkylation sites (N-methyl/N-ethyl adjacent to an activating group) is 1. The molecule has 0 N–H and O–H groups in total. The van der Waals surface area contributed by atoms with Gasteiger partial charge in [-0.15, -0.1) is 0 Å². The Kier molecular flexibility index (Phi) is 2.49. The van der Waals surface area contributed by atoms with E-state index in [0.29, 0.717) is 12.2 Å². The van der Waals surface area contributed by atoms with Gasteiger partial charge >= 0.3 is 5.97 Å². The molecule has 0 fully saturated rings. The minimum absolute atomic E-state index is 0.338. The summed E-state index contributed by atoms with van der Waals surface area (Å²) < 4.78 is 10.1. The first-order valence-electron chi connectivity index (χ1n) is 4.78. The third kappa shape index (κ3) is 1.75. The maximum Gasteiger partial charge on any atom is 0.337 e. The van der Waals surface area contributed by atoms with E-state index in [9.17, 15) is 4.79 Å². The molecule has 1 heterocycles. The van der Waals surface area contributed by atoms with Crippen LogP contribution in [0.5, 0.6) is 5.75 Å². The van der Waals surface area contributed by atoms with Crippen LogP contribution in [0.2, 0.25) is 0 Å². The maximum atomic E-state index is 11.3. The SMILES string of the molecule is COC(=O)c1ccc2c(c1)OCCN2C. The molecule has 4 heteroatoms. The van der Waals surface area contributed by atoms with Crippen molar-refractivity contribution in [1.82, 2.24) is 0 Å². The van der Waals surface area contributed by atoms with Gasteiger partial charge in [0.1, 0.15) is 12.4 Å². The number of ether oxygens (including phenoxy) is 2. The number of fused-ring (bicyclic) bond motifs is 1. The predicted octanol–water partition coefficient (Wildman–Crippen LogP) is 1.30. The number of carbonyl (C=O) groups is 1. The lowest BCUT2D eigenvalue weighted by molar-refractivity contribution is 0.0600. The van der Waals surface area contributed by atoms with Crippen LogP contribution in [0.25, 0.3) is 0 Å². The highest BCUT2D eigenvalue weighted by Gasteiger charge is 2.17. The van der Waals surface area contributed by atoms with Crippen LogP contribution in [-0.4, -0.2) is 33.3 Å². The van der Waals surface area contributed by atoms with Crippen molar-refractivity contribution < 1.29 is 14.3 Å². The first-order chi connectivity index (χ1) is 7.22. The average Bonchev–Trinajstić information content (AvgIpc) is 2.28. The number of anilines is 1. The number of hydrogen-bond donors (Lipinski definition) is 0. The molecular weight excluding hydrogens is 194 g/mol. The van der Waals surface area contributed by atoms with E-state index in [2.05, 4.69) is 9.64 Å². The molecule has 0 unspecified atom stereocenters. The summed E-state index contributed by atoms with van der Waals surface area (Å²) in [4.78, 5) is 13.4. The van der Waals surface area contributed by atoms with Crippen molar-refractivity contribution >= 4 is 11.7 Å². The largest absolute Gasteiger partial charge is 0.490 e. The normalized spacial score (nSPS) is 14.1. The first kappa shape index (κ1) is 9.83. The van der Waals surface area contributed by atoms with Crippen LogP contribution in [-0.2, 0) is 4.74 Å². The lowest BCUT2D eigenvalue weighted by atomic mass is 10.1. The smallest absolute Gasteiger partial charge is 0.337 e. The third-order valence-electron chi connectivity index (χ3n) is 2.48. The Labute approximate surface area is 88.4 Å². The molecule has 1 aromatic rings. The van der Waals surface area contributed by atoms with Gasteiger partial charge in [-0.25, -0.2) is 4.79 Å². The molecule has 1 aromatic carbocycles. The zero-order chi connectivity index (χ0) is 10.8. The third-order valence-corrected chi connectivity index (χ3v) is 2.48. The molecule has 15 heavy (non-hydrogen) atoms. The summed E-state index contributed by atoms with van der Waals surface area (Å²) in [7, 11) is 3.37. The van der Waals surface area contributed by atoms with Gasteiger partial charge in [-0.2, -0.15) is 0 Å². The van der Waals surface area contributed by atoms with Crippen molar-refractivity contribution in [3.63, 3.8) is 0 Å². The van der Waals surface area contributed by atoms with Crippen molar-refractivity contribution in [1.29, 1.82) is 0 Å². The van der Waals surface area contributed by atoms with Gasteiger partial charge in [0, 0.05) is 7.05 Å². The first-order valence-corrected chi connectivity index (χ1v) is 4.78. The van der Waals surface area contributed by atoms with Gasteiger partial charge in [0.25, 0.3) is 0 Å². The molecule has 0 aliphatic carbocycles. The molecule has 1 aliphatic rings. The second-order valence-corrected chi connectivity index (χ2v) is 3.44. The number of nitrogens with zero attached hydrogens (tertiary/aromatic N) is 1. The molecule has 1 aliphatic heterocycles. The highest BCUT2D eigenvalue weighted by atomic mass is 16.5. The second kappa shape index (κ2) is 3.81. The second-order valence-electron chi connectivity index (χ2n) is 3.44. The molecular formula is C11H13NO3. The Morgan fingerprint density at radius 2 is 2.33 bits per heavy atom. The molecule has 4 nitrogen and oxygen atoms in total. The summed E-state index contributed by atoms with van der Waals surface area (Å²) >= 11 is 0. The quantitative estimate of drug-likeness (QED) is 0.651. The Balaban J connectivity index is 2.37. The highest BCUT2D eigenvalue weighted by molar-refractivity contribution is 5.90. The summed E-state index contributed by atoms with van der Waals surface area (Å²) in [5, 5.41) is 0. The summed E-state index contributed by atoms with van der Waals surface area (Å²) in [6, 6.07) is 5.34. The van der Waals surface area contributed by atoms with Crippen LogP contribution >= 0.6 is 0 Å². The van der Waals surface area contributed by atoms with E-state index in [4.69, 9.17) is 4.74 Å². The molecule has 0 saturated carbocycles. The standard InChI is InChI=1S/C11H13NO3/c1-12-5-6-15-10-7-8(11(13)14-2)3-4-9(10)12/h3-4,7H,5-6H2,1-2H3. The maximum absolute atomic E-state index is 11.3. The van der Waals surface area contributed by atoms with Gasteiger partial charge in [-0.05, 0) is 18.2 Å². The Morgan fingerprint density at radius 1 is 1.53 bits per heavy atom. The van der Waals surface area contributed by atoms with Gasteiger partial charge < -0.3 is 14.4 Å². The Hall–Kier alpha value is -1.71. The number of carbonyl (C=O) groups excluding carboxylic acids is 1. The molecule has 0 saturated heterocycles. The van der Waals surface area contributed by atoms with E-state index in [1.165, 1.54) is 7.11 Å². The van der Waals surface area contributed by atoms with Crippen LogP contribution in [0.4, 0.5) is 5.69 Å². The monoisotopic (exact) mass is 207 g/mol. The number of esters is 1. The Bertz CT molecular complexity index is 389. The van der Waals surface area contributed by atoms with E-state index < -0.39 is 0 Å². The van der Waals surface area contributed by atoms with Crippen molar-refractivity contribution in [3.05, 3.63) is 23.8 Å². The van der Waals surface area contributed by atoms with Crippen LogP contribution in [0, 0.1) is 0 Å². The number of rotatable bonds is 1. The predicted molar refractivity (Wildman–Crippen MR) is 56.5 cm³/mol. The highest BCUT2D eigenvalue weighted by Crippen LogP contribution is 2.31. The minimum Gasteiger partial charge on any atom is -0.490 e. The zero-order valence-corrected chi connectivity index (χ0v) is 8.82. The molecule has 0 spiro atoms. The molecule has 0 aromatic heterocycles. The summed E-state index contributed by atoms with van der Waals surface area (Å²) in [5.74, 6) is 0.404. The molecule has 2 rings (SSSR count). The fraction of sp³-hybridized carbons (Fsp3) is 0.364. The van der Waals surface area contributed by atoms with Gasteiger partial charge in [-0.1, -0.05) is 0 Å². The fourth-order valence-corrected chi connectivity index (χ4v) is 1.60. The molecule has 0 atom stereocenters. The van der Waals surface area contributed by atoms with Crippen LogP contribution in [0.1, 0.15) is 10.4 Å². The zero-order valence-electron chi connectivity index (χ0n) is 8.82. The lowest BCUT2D eigenvalue weighted by Gasteiger charge is -2.27. The number of hydrogen-bond acceptors (Lipinski definition) is 4. The Morgan fingerprint density at radius 3 is 3.07 bits per heavy atom. The molecule has 0 bridgehead atoms. The fourth-order valence-electron chi connectivity index (χ4n) is 1.60. The van der Waals surface area contributed by atoms with E-state index in [1.54, 1.807) is 12.1 Å². The van der Waals surface area contributed by atoms with E-state index in [1.807, 2.05) is 13.1 Å². The van der Waals surface area contributed by atoms with E-state index in [0.717, 1.165) is 18.0 Å². The van der Waals surface area contributed by atoms with Gasteiger partial charge in [0.15, 0.2) is 0 Å². The van der Waals surface area contributed by atoms with Crippen LogP contribution in [0.15, 0.2) is 18.2 Å². The van der Waals surface area contributed by atoms with Crippen molar-refractivity contribution in [2.24, 2.45) is 0 Å². The average molecular weight is 207 g/mol. The van der Waals surface area contributed by atoms with Crippen molar-refractivity contribution in [2.75, 3.05) is 32.2 Å². The summed E-state index contributed by atoms with van der Waals surface area (Å²) in [6.45, 7) is 1.51. The van der Waals surface area contributed by atoms with Gasteiger partial charge in [0.05, 0.1) is 24.9 Å². The molecule has 0 amide bonds. The topological polar surface area (TPSA) is 38.8 Å². The molecule has 0 radical (unpaired) electrons.